The van der Waals surface area contributed by atoms with E-state index in [1.807, 2.05) is 12.1 Å². The van der Waals surface area contributed by atoms with Crippen LogP contribution in [0, 0.1) is 11.3 Å². The molecule has 0 radical (unpaired) electrons. The molecule has 0 fully saturated rings. The highest BCUT2D eigenvalue weighted by atomic mass is 16.3. The lowest BCUT2D eigenvalue weighted by Gasteiger charge is -2.11. The summed E-state index contributed by atoms with van der Waals surface area (Å²) in [6, 6.07) is 87.7. The molecule has 5 heterocycles. The Kier molecular flexibility index (Phi) is 8.83. The number of aryl methyl sites for hydroxylation is 2. The molecule has 5 aromatic heterocycles. The normalized spacial score (nSPS) is 12.1. The van der Waals surface area contributed by atoms with Gasteiger partial charge in [-0.3, -0.25) is 0 Å². The number of fused-ring (bicyclic) bond motifs is 16. The van der Waals surface area contributed by atoms with Crippen LogP contribution in [0.5, 0.6) is 0 Å². The van der Waals surface area contributed by atoms with E-state index >= 15 is 0 Å². The van der Waals surface area contributed by atoms with Crippen LogP contribution in [0.1, 0.15) is 16.7 Å². The predicted octanol–water partition coefficient (Wildman–Crippen LogP) is 17.6. The molecule has 16 rings (SSSR count). The summed E-state index contributed by atoms with van der Waals surface area (Å²) in [5.41, 5.74) is 18.6. The van der Waals surface area contributed by atoms with Crippen molar-refractivity contribution in [3.8, 4) is 28.8 Å². The fourth-order valence-corrected chi connectivity index (χ4v) is 12.6. The van der Waals surface area contributed by atoms with Crippen LogP contribution >= 0.6 is 0 Å². The Hall–Kier alpha value is -10.1. The molecule has 0 N–H and O–H groups in total. The first-order valence-corrected chi connectivity index (χ1v) is 25.7. The van der Waals surface area contributed by atoms with Crippen LogP contribution in [0.4, 0.5) is 0 Å². The van der Waals surface area contributed by atoms with Gasteiger partial charge in [0.1, 0.15) is 5.58 Å². The van der Waals surface area contributed by atoms with Gasteiger partial charge in [-0.1, -0.05) is 121 Å². The molecule has 0 bridgehead atoms. The van der Waals surface area contributed by atoms with Crippen molar-refractivity contribution in [2.75, 3.05) is 0 Å². The van der Waals surface area contributed by atoms with E-state index in [1.54, 1.807) is 0 Å². The quantitative estimate of drug-likeness (QED) is 0.160. The Morgan fingerprint density at radius 1 is 0.333 bits per heavy atom. The third-order valence-corrected chi connectivity index (χ3v) is 15.9. The second-order valence-electron chi connectivity index (χ2n) is 19.9. The Morgan fingerprint density at radius 2 is 0.853 bits per heavy atom. The summed E-state index contributed by atoms with van der Waals surface area (Å²) in [5, 5.41) is 21.5. The molecule has 0 unspecified atom stereocenters. The maximum absolute atomic E-state index is 9.73. The minimum absolute atomic E-state index is 0.649. The van der Waals surface area contributed by atoms with Crippen LogP contribution in [-0.2, 0) is 12.8 Å². The third kappa shape index (κ3) is 6.07. The van der Waals surface area contributed by atoms with Crippen molar-refractivity contribution < 1.29 is 4.42 Å². The number of benzene rings is 11. The standard InChI is InChI=1S/C69H43N5O/c70-42-45-29-34-63-55(40-45)50-19-8-11-23-59(50)74(63)65-25-13-21-52-57-39-44(30-37-66(57)75-69(52)65)27-26-43-28-33-61-54(38-43)49-18-7-10-22-58(49)72(61)48-31-35-62-56(41-48)51-32-36-64-67(68(51)73(62)47-16-5-2-6-17-47)53-20-9-12-24-60(53)71(64)46-14-3-1-4-15-46/h1-25,28-41H,26-27H2. The van der Waals surface area contributed by atoms with E-state index in [2.05, 4.69) is 249 Å². The highest BCUT2D eigenvalue weighted by Crippen LogP contribution is 2.44. The van der Waals surface area contributed by atoms with Crippen molar-refractivity contribution in [1.29, 1.82) is 5.26 Å². The van der Waals surface area contributed by atoms with E-state index in [1.165, 1.54) is 76.5 Å². The summed E-state index contributed by atoms with van der Waals surface area (Å²) < 4.78 is 16.3. The van der Waals surface area contributed by atoms with Gasteiger partial charge in [-0.25, -0.2) is 0 Å². The second-order valence-corrected chi connectivity index (χ2v) is 19.9. The molecule has 6 nitrogen and oxygen atoms in total. The SMILES string of the molecule is N#Cc1ccc2c(c1)c1ccccc1n2-c1cccc2c1oc1ccc(CCc3ccc4c(c3)c3ccccc3n4-c3ccc4c(c3)c3ccc5c(c6ccccc6n5-c5ccccc5)c3n4-c3ccccc3)cc12. The Balaban J connectivity index is 0.789. The molecule has 75 heavy (non-hydrogen) atoms. The number of hydrogen-bond acceptors (Lipinski definition) is 2. The number of para-hydroxylation sites is 6. The van der Waals surface area contributed by atoms with Crippen molar-refractivity contribution in [1.82, 2.24) is 18.3 Å². The molecule has 0 amide bonds. The van der Waals surface area contributed by atoms with E-state index < -0.39 is 0 Å². The Morgan fingerprint density at radius 3 is 1.60 bits per heavy atom. The molecule has 6 heteroatoms. The summed E-state index contributed by atoms with van der Waals surface area (Å²) in [6.07, 6.45) is 1.79. The fourth-order valence-electron chi connectivity index (χ4n) is 12.6. The average molecular weight is 958 g/mol. The zero-order valence-corrected chi connectivity index (χ0v) is 40.6. The Labute approximate surface area is 429 Å². The maximum Gasteiger partial charge on any atom is 0.159 e. The molecule has 16 aromatic rings. The molecule has 0 aliphatic carbocycles. The van der Waals surface area contributed by atoms with E-state index in [9.17, 15) is 5.26 Å². The third-order valence-electron chi connectivity index (χ3n) is 15.9. The number of rotatable bonds is 7. The monoisotopic (exact) mass is 957 g/mol. The van der Waals surface area contributed by atoms with Gasteiger partial charge in [-0.15, -0.1) is 0 Å². The van der Waals surface area contributed by atoms with Crippen molar-refractivity contribution in [3.63, 3.8) is 0 Å². The minimum Gasteiger partial charge on any atom is -0.454 e. The first-order valence-electron chi connectivity index (χ1n) is 25.7. The fraction of sp³-hybridized carbons (Fsp3) is 0.0290. The van der Waals surface area contributed by atoms with Crippen molar-refractivity contribution in [2.24, 2.45) is 0 Å². The van der Waals surface area contributed by atoms with Gasteiger partial charge in [0.2, 0.25) is 0 Å². The smallest absolute Gasteiger partial charge is 0.159 e. The largest absolute Gasteiger partial charge is 0.454 e. The van der Waals surface area contributed by atoms with Crippen LogP contribution in [0.2, 0.25) is 0 Å². The first-order chi connectivity index (χ1) is 37.2. The highest BCUT2D eigenvalue weighted by molar-refractivity contribution is 6.26. The molecule has 0 aliphatic rings. The van der Waals surface area contributed by atoms with Crippen molar-refractivity contribution >= 4 is 109 Å². The average Bonchev–Trinajstić information content (AvgIpc) is 4.27. The topological polar surface area (TPSA) is 56.6 Å². The lowest BCUT2D eigenvalue weighted by molar-refractivity contribution is 0.666. The highest BCUT2D eigenvalue weighted by Gasteiger charge is 2.23. The van der Waals surface area contributed by atoms with Crippen LogP contribution in [0.3, 0.4) is 0 Å². The van der Waals surface area contributed by atoms with Crippen LogP contribution in [-0.4, -0.2) is 18.3 Å². The Bertz CT molecular complexity index is 5080. The zero-order valence-electron chi connectivity index (χ0n) is 40.6. The molecular formula is C69H43N5O. The molecule has 350 valence electrons. The molecule has 0 aliphatic heterocycles. The number of furan rings is 1. The van der Waals surface area contributed by atoms with Crippen molar-refractivity contribution in [2.45, 2.75) is 12.8 Å². The number of nitriles is 1. The van der Waals surface area contributed by atoms with Gasteiger partial charge in [0.05, 0.1) is 61.5 Å². The lowest BCUT2D eigenvalue weighted by atomic mass is 10.0. The molecular weight excluding hydrogens is 915 g/mol. The van der Waals surface area contributed by atoms with Gasteiger partial charge < -0.3 is 22.7 Å². The predicted molar refractivity (Wildman–Crippen MR) is 310 cm³/mol. The van der Waals surface area contributed by atoms with E-state index in [4.69, 9.17) is 4.42 Å². The van der Waals surface area contributed by atoms with Crippen LogP contribution in [0.15, 0.2) is 241 Å². The first kappa shape index (κ1) is 41.5. The molecule has 0 spiro atoms. The number of hydrogen-bond donors (Lipinski definition) is 0. The molecule has 11 aromatic carbocycles. The van der Waals surface area contributed by atoms with Crippen LogP contribution < -0.4 is 0 Å². The number of aromatic nitrogens is 4. The van der Waals surface area contributed by atoms with Gasteiger partial charge in [0.25, 0.3) is 0 Å². The van der Waals surface area contributed by atoms with E-state index in [0.29, 0.717) is 5.56 Å². The van der Waals surface area contributed by atoms with Gasteiger partial charge >= 0.3 is 0 Å². The molecule has 0 atom stereocenters. The summed E-state index contributed by atoms with van der Waals surface area (Å²) in [5.74, 6) is 0. The van der Waals surface area contributed by atoms with Crippen molar-refractivity contribution in [3.05, 3.63) is 253 Å². The van der Waals surface area contributed by atoms with Gasteiger partial charge in [-0.05, 0) is 139 Å². The zero-order chi connectivity index (χ0) is 49.3. The second kappa shape index (κ2) is 16.0. The summed E-state index contributed by atoms with van der Waals surface area (Å²) in [6.45, 7) is 0. The van der Waals surface area contributed by atoms with E-state index in [0.717, 1.165) is 79.3 Å². The number of nitrogens with zero attached hydrogens (tertiary/aromatic N) is 5. The minimum atomic E-state index is 0.649. The van der Waals surface area contributed by atoms with Gasteiger partial charge in [0, 0.05) is 70.9 Å². The molecule has 0 saturated heterocycles. The summed E-state index contributed by atoms with van der Waals surface area (Å²) in [7, 11) is 0. The van der Waals surface area contributed by atoms with E-state index in [-0.39, 0.29) is 0 Å². The lowest BCUT2D eigenvalue weighted by Crippen LogP contribution is -1.96. The van der Waals surface area contributed by atoms with Gasteiger partial charge in [0.15, 0.2) is 5.58 Å². The summed E-state index contributed by atoms with van der Waals surface area (Å²) >= 11 is 0. The summed E-state index contributed by atoms with van der Waals surface area (Å²) in [4.78, 5) is 0. The van der Waals surface area contributed by atoms with Crippen LogP contribution in [0.25, 0.3) is 132 Å². The van der Waals surface area contributed by atoms with Gasteiger partial charge in [-0.2, -0.15) is 5.26 Å². The molecule has 0 saturated carbocycles. The maximum atomic E-state index is 9.73.